The fourth-order valence-electron chi connectivity index (χ4n) is 4.34. The number of hydrogen-bond donors (Lipinski definition) is 1. The molecule has 39 heavy (non-hydrogen) atoms. The quantitative estimate of drug-likeness (QED) is 0.376. The van der Waals surface area contributed by atoms with E-state index in [0.717, 1.165) is 16.8 Å². The lowest BCUT2D eigenvalue weighted by molar-refractivity contribution is 0.199. The minimum Gasteiger partial charge on any atom is -0.473 e. The zero-order valence-corrected chi connectivity index (χ0v) is 25.0. The third-order valence-electron chi connectivity index (χ3n) is 6.52. The van der Waals surface area contributed by atoms with Gasteiger partial charge in [0.25, 0.3) is 0 Å². The summed E-state index contributed by atoms with van der Waals surface area (Å²) in [6.45, 7) is 5.26. The van der Waals surface area contributed by atoms with Crippen LogP contribution in [-0.2, 0) is 30.4 Å². The van der Waals surface area contributed by atoms with Gasteiger partial charge in [0.15, 0.2) is 0 Å². The van der Waals surface area contributed by atoms with E-state index in [9.17, 15) is 16.8 Å². The summed E-state index contributed by atoms with van der Waals surface area (Å²) in [6, 6.07) is 18.7. The second kappa shape index (κ2) is 13.0. The van der Waals surface area contributed by atoms with E-state index in [1.165, 1.54) is 6.58 Å². The van der Waals surface area contributed by atoms with Crippen molar-refractivity contribution in [2.75, 3.05) is 39.3 Å². The summed E-state index contributed by atoms with van der Waals surface area (Å²) in [7, 11) is -8.19. The summed E-state index contributed by atoms with van der Waals surface area (Å²) in [5, 5.41) is 0. The maximum atomic E-state index is 14.1. The third kappa shape index (κ3) is 7.13. The Balaban J connectivity index is 1.79. The molecule has 1 fully saturated rings. The minimum atomic E-state index is -4.10. The van der Waals surface area contributed by atoms with Gasteiger partial charge < -0.3 is 9.52 Å². The van der Waals surface area contributed by atoms with Crippen LogP contribution in [0.4, 0.5) is 0 Å². The number of nitrogens with zero attached hydrogens (tertiary/aromatic N) is 4. The molecule has 10 nitrogen and oxygen atoms in total. The van der Waals surface area contributed by atoms with Crippen LogP contribution in [0.1, 0.15) is 16.8 Å². The Morgan fingerprint density at radius 1 is 0.795 bits per heavy atom. The molecule has 4 rings (SSSR count). The maximum absolute atomic E-state index is 14.1. The molecular weight excluding hydrogens is 553 g/mol. The van der Waals surface area contributed by atoms with Gasteiger partial charge >= 0.3 is 14.9 Å². The number of hydrogen-bond acceptors (Lipinski definition) is 8. The first-order chi connectivity index (χ1) is 18.6. The van der Waals surface area contributed by atoms with Gasteiger partial charge in [-0.1, -0.05) is 41.5 Å². The smallest absolute Gasteiger partial charge is 0.473 e. The number of nitrogens with two attached hydrogens (primary N) is 1. The fraction of sp³-hybridized carbons (Fsp3) is 0.346. The van der Waals surface area contributed by atoms with E-state index in [-0.39, 0.29) is 36.0 Å². The zero-order chi connectivity index (χ0) is 28.0. The van der Waals surface area contributed by atoms with Gasteiger partial charge in [0.1, 0.15) is 0 Å². The van der Waals surface area contributed by atoms with Crippen molar-refractivity contribution < 1.29 is 20.6 Å². The van der Waals surface area contributed by atoms with Gasteiger partial charge in [-0.3, -0.25) is 9.88 Å². The maximum Gasteiger partial charge on any atom is 0.734 e. The fourth-order valence-corrected chi connectivity index (χ4v) is 12.0. The molecule has 0 bridgehead atoms. The summed E-state index contributed by atoms with van der Waals surface area (Å²) in [4.78, 5) is 6.59. The highest BCUT2D eigenvalue weighted by molar-refractivity contribution is 7.92. The molecule has 1 aliphatic heterocycles. The molecule has 3 aromatic rings. The largest absolute Gasteiger partial charge is 0.734 e. The van der Waals surface area contributed by atoms with E-state index >= 15 is 0 Å². The average molecular weight is 588 g/mol. The van der Waals surface area contributed by atoms with E-state index in [4.69, 9.17) is 9.52 Å². The Kier molecular flexibility index (Phi) is 9.93. The number of pyridine rings is 1. The second-order valence-corrected chi connectivity index (χ2v) is 16.2. The lowest BCUT2D eigenvalue weighted by Gasteiger charge is -2.38. The molecule has 208 valence electrons. The van der Waals surface area contributed by atoms with Crippen molar-refractivity contribution in [3.05, 3.63) is 89.7 Å². The Morgan fingerprint density at radius 2 is 1.31 bits per heavy atom. The molecule has 2 heterocycles. The SMILES string of the molecule is Cc1ccc(S(=O)(=O)[N]2CCN(Cc3ccccn3)CC[N](S(=O)(=O)c3ccc(C)cc3)[Al]2[O]CCN)cc1. The second-order valence-electron chi connectivity index (χ2n) is 9.44. The molecule has 1 saturated heterocycles. The van der Waals surface area contributed by atoms with E-state index in [0.29, 0.717) is 19.6 Å². The highest BCUT2D eigenvalue weighted by atomic mass is 32.2. The van der Waals surface area contributed by atoms with Crippen molar-refractivity contribution in [1.29, 1.82) is 0 Å². The number of benzene rings is 2. The van der Waals surface area contributed by atoms with Gasteiger partial charge in [-0.05, 0) is 50.2 Å². The summed E-state index contributed by atoms with van der Waals surface area (Å²) < 4.78 is 64.8. The van der Waals surface area contributed by atoms with Gasteiger partial charge in [0.2, 0.25) is 20.0 Å². The summed E-state index contributed by atoms with van der Waals surface area (Å²) in [6.07, 6.45) is 1.70. The Bertz CT molecular complexity index is 1350. The molecule has 0 atom stereocenters. The third-order valence-corrected chi connectivity index (χ3v) is 14.6. The first-order valence-electron chi connectivity index (χ1n) is 12.7. The molecule has 0 aliphatic carbocycles. The van der Waals surface area contributed by atoms with Crippen molar-refractivity contribution in [3.63, 3.8) is 0 Å². The van der Waals surface area contributed by atoms with E-state index in [2.05, 4.69) is 4.98 Å². The van der Waals surface area contributed by atoms with Crippen LogP contribution >= 0.6 is 0 Å². The normalized spacial score (nSPS) is 16.6. The van der Waals surface area contributed by atoms with Crippen LogP contribution in [0, 0.1) is 13.8 Å². The van der Waals surface area contributed by atoms with Gasteiger partial charge in [-0.25, -0.2) is 23.4 Å². The zero-order valence-electron chi connectivity index (χ0n) is 22.2. The summed E-state index contributed by atoms with van der Waals surface area (Å²) in [5.74, 6) is 0. The van der Waals surface area contributed by atoms with Gasteiger partial charge in [-0.15, -0.1) is 0 Å². The van der Waals surface area contributed by atoms with Crippen LogP contribution in [0.25, 0.3) is 0 Å². The molecule has 2 aromatic carbocycles. The van der Waals surface area contributed by atoms with Crippen molar-refractivity contribution >= 4 is 35.0 Å². The Hall–Kier alpha value is -2.18. The van der Waals surface area contributed by atoms with Crippen LogP contribution in [0.2, 0.25) is 0 Å². The van der Waals surface area contributed by atoms with E-state index in [1.54, 1.807) is 54.7 Å². The average Bonchev–Trinajstić information content (AvgIpc) is 2.90. The Morgan fingerprint density at radius 3 is 1.74 bits per heavy atom. The van der Waals surface area contributed by atoms with Crippen molar-refractivity contribution in [1.82, 2.24) is 16.5 Å². The summed E-state index contributed by atoms with van der Waals surface area (Å²) >= 11 is -3.31. The van der Waals surface area contributed by atoms with Gasteiger partial charge in [0, 0.05) is 52.1 Å². The van der Waals surface area contributed by atoms with Crippen LogP contribution in [0.15, 0.2) is 82.7 Å². The molecule has 1 aromatic heterocycles. The van der Waals surface area contributed by atoms with Crippen LogP contribution in [-0.4, -0.2) is 87.6 Å². The molecule has 13 heteroatoms. The van der Waals surface area contributed by atoms with Gasteiger partial charge in [0.05, 0.1) is 15.5 Å². The van der Waals surface area contributed by atoms with Crippen molar-refractivity contribution in [3.8, 4) is 0 Å². The molecule has 0 saturated carbocycles. The monoisotopic (exact) mass is 587 g/mol. The highest BCUT2D eigenvalue weighted by Gasteiger charge is 2.52. The minimum absolute atomic E-state index is 0.0361. The van der Waals surface area contributed by atoms with Crippen LogP contribution in [0.5, 0.6) is 0 Å². The molecule has 1 aliphatic rings. The standard InChI is InChI=1S/C24H28N4O4S2.C2H6NO.Al/c1-20-6-10-23(11-7-20)33(29,30)26-15-17-28(19-22-5-3-4-14-25-22)18-16-27-34(31,32)24-12-8-21(2)9-13-24;3-1-2-4;/h3-14H,15-19H2,1-2H3;1-3H2;/q-2;-1;+3. The predicted molar refractivity (Wildman–Crippen MR) is 150 cm³/mol. The molecule has 0 radical (unpaired) electrons. The highest BCUT2D eigenvalue weighted by Crippen LogP contribution is 2.26. The molecule has 0 unspecified atom stereocenters. The number of rotatable bonds is 9. The first kappa shape index (κ1) is 29.8. The molecule has 0 spiro atoms. The lowest BCUT2D eigenvalue weighted by atomic mass is 10.2. The topological polar surface area (TPSA) is 126 Å². The molecular formula is C26H34AlN5O5S2. The predicted octanol–water partition coefficient (Wildman–Crippen LogP) is 1.86. The number of aryl methyl sites for hydroxylation is 2. The van der Waals surface area contributed by atoms with E-state index < -0.39 is 35.0 Å². The van der Waals surface area contributed by atoms with Crippen molar-refractivity contribution in [2.45, 2.75) is 30.2 Å². The summed E-state index contributed by atoms with van der Waals surface area (Å²) in [5.41, 5.74) is 8.38. The molecule has 0 amide bonds. The molecule has 2 N–H and O–H groups in total. The van der Waals surface area contributed by atoms with Crippen LogP contribution < -0.4 is 5.73 Å². The Labute approximate surface area is 236 Å². The van der Waals surface area contributed by atoms with E-state index in [1.807, 2.05) is 36.9 Å². The van der Waals surface area contributed by atoms with Crippen molar-refractivity contribution in [2.24, 2.45) is 5.73 Å². The lowest BCUT2D eigenvalue weighted by Crippen LogP contribution is -2.63. The number of aromatic nitrogens is 1. The van der Waals surface area contributed by atoms with Gasteiger partial charge in [-0.2, -0.15) is 0 Å². The number of sulfonamides is 2. The van der Waals surface area contributed by atoms with Crippen LogP contribution in [0.3, 0.4) is 0 Å². The first-order valence-corrected chi connectivity index (χ1v) is 17.1.